The van der Waals surface area contributed by atoms with Crippen LogP contribution in [-0.4, -0.2) is 43.3 Å². The van der Waals surface area contributed by atoms with Crippen molar-refractivity contribution in [3.8, 4) is 0 Å². The lowest BCUT2D eigenvalue weighted by atomic mass is 10.2. The summed E-state index contributed by atoms with van der Waals surface area (Å²) < 4.78 is 15.5. The first kappa shape index (κ1) is 13.0. The van der Waals surface area contributed by atoms with Crippen molar-refractivity contribution >= 4 is 5.97 Å². The van der Waals surface area contributed by atoms with Gasteiger partial charge in [0.2, 0.25) is 0 Å². The molecule has 1 heterocycles. The van der Waals surface area contributed by atoms with Gasteiger partial charge in [0.1, 0.15) is 12.7 Å². The van der Waals surface area contributed by atoms with E-state index in [1.165, 1.54) is 7.11 Å². The van der Waals surface area contributed by atoms with Crippen LogP contribution in [0.2, 0.25) is 0 Å². The Bertz CT molecular complexity index is 392. The van der Waals surface area contributed by atoms with Gasteiger partial charge >= 0.3 is 5.97 Å². The van der Waals surface area contributed by atoms with Crippen LogP contribution < -0.4 is 0 Å². The summed E-state index contributed by atoms with van der Waals surface area (Å²) in [5.41, 5.74) is 0.491. The zero-order valence-electron chi connectivity index (χ0n) is 10.1. The second kappa shape index (κ2) is 5.95. The number of carbonyl (C=O) groups is 1. The number of rotatable bonds is 4. The minimum atomic E-state index is -0.852. The lowest BCUT2D eigenvalue weighted by molar-refractivity contribution is -0.111. The standard InChI is InChI=1S/C13H16O5/c1-16-10-7-12(14)18-11(10)8-17-13(15)9-5-3-2-4-6-9/h2-6,10-12,14H,7-8H2,1H3/t10?,11-,12-/m1/s1. The van der Waals surface area contributed by atoms with Crippen molar-refractivity contribution < 1.29 is 24.1 Å². The van der Waals surface area contributed by atoms with Crippen molar-refractivity contribution in [2.75, 3.05) is 13.7 Å². The fourth-order valence-electron chi connectivity index (χ4n) is 1.91. The van der Waals surface area contributed by atoms with Gasteiger partial charge in [-0.3, -0.25) is 0 Å². The van der Waals surface area contributed by atoms with Gasteiger partial charge in [0, 0.05) is 13.5 Å². The third kappa shape index (κ3) is 3.07. The molecule has 3 atom stereocenters. The summed E-state index contributed by atoms with van der Waals surface area (Å²) >= 11 is 0. The molecule has 0 aromatic heterocycles. The van der Waals surface area contributed by atoms with E-state index in [0.29, 0.717) is 12.0 Å². The first-order valence-electron chi connectivity index (χ1n) is 5.79. The normalized spacial score (nSPS) is 27.1. The van der Waals surface area contributed by atoms with E-state index in [9.17, 15) is 9.90 Å². The number of aliphatic hydroxyl groups excluding tert-OH is 1. The average molecular weight is 252 g/mol. The van der Waals surface area contributed by atoms with Crippen LogP contribution in [0.4, 0.5) is 0 Å². The summed E-state index contributed by atoms with van der Waals surface area (Å²) in [7, 11) is 1.54. The lowest BCUT2D eigenvalue weighted by Crippen LogP contribution is -2.29. The number of ether oxygens (including phenoxy) is 3. The molecule has 1 aliphatic rings. The minimum Gasteiger partial charge on any atom is -0.459 e. The van der Waals surface area contributed by atoms with E-state index in [0.717, 1.165) is 0 Å². The van der Waals surface area contributed by atoms with Crippen molar-refractivity contribution in [3.63, 3.8) is 0 Å². The zero-order valence-corrected chi connectivity index (χ0v) is 10.1. The number of benzene rings is 1. The second-order valence-corrected chi connectivity index (χ2v) is 4.10. The van der Waals surface area contributed by atoms with Crippen LogP contribution in [0.1, 0.15) is 16.8 Å². The van der Waals surface area contributed by atoms with Crippen LogP contribution in [0.5, 0.6) is 0 Å². The SMILES string of the molecule is COC1C[C@H](O)O[C@@H]1COC(=O)c1ccccc1. The molecule has 1 saturated heterocycles. The van der Waals surface area contributed by atoms with Gasteiger partial charge in [0.05, 0.1) is 11.7 Å². The lowest BCUT2D eigenvalue weighted by Gasteiger charge is -2.16. The summed E-state index contributed by atoms with van der Waals surface area (Å²) in [4.78, 5) is 11.7. The van der Waals surface area contributed by atoms with Gasteiger partial charge in [-0.1, -0.05) is 18.2 Å². The first-order chi connectivity index (χ1) is 8.70. The largest absolute Gasteiger partial charge is 0.459 e. The Morgan fingerprint density at radius 2 is 2.17 bits per heavy atom. The summed E-state index contributed by atoms with van der Waals surface area (Å²) in [6, 6.07) is 8.73. The highest BCUT2D eigenvalue weighted by atomic mass is 16.7. The molecule has 0 spiro atoms. The van der Waals surface area contributed by atoms with Crippen LogP contribution in [0, 0.1) is 0 Å². The van der Waals surface area contributed by atoms with Gasteiger partial charge in [0.25, 0.3) is 0 Å². The second-order valence-electron chi connectivity index (χ2n) is 4.10. The molecule has 18 heavy (non-hydrogen) atoms. The molecular formula is C13H16O5. The Kier molecular flexibility index (Phi) is 4.30. The number of esters is 1. The van der Waals surface area contributed by atoms with E-state index < -0.39 is 18.4 Å². The topological polar surface area (TPSA) is 65.0 Å². The Labute approximate surface area is 105 Å². The molecule has 0 saturated carbocycles. The van der Waals surface area contributed by atoms with E-state index in [4.69, 9.17) is 14.2 Å². The van der Waals surface area contributed by atoms with E-state index in [1.54, 1.807) is 24.3 Å². The Morgan fingerprint density at radius 1 is 1.44 bits per heavy atom. The zero-order chi connectivity index (χ0) is 13.0. The van der Waals surface area contributed by atoms with Crippen molar-refractivity contribution in [2.45, 2.75) is 24.9 Å². The monoisotopic (exact) mass is 252 g/mol. The number of hydrogen-bond acceptors (Lipinski definition) is 5. The maximum absolute atomic E-state index is 11.7. The molecule has 98 valence electrons. The third-order valence-corrected chi connectivity index (χ3v) is 2.87. The number of hydrogen-bond donors (Lipinski definition) is 1. The van der Waals surface area contributed by atoms with Crippen LogP contribution in [0.3, 0.4) is 0 Å². The summed E-state index contributed by atoms with van der Waals surface area (Å²) in [5, 5.41) is 9.34. The predicted octanol–water partition coefficient (Wildman–Crippen LogP) is 0.966. The molecule has 1 N–H and O–H groups in total. The van der Waals surface area contributed by atoms with E-state index in [-0.39, 0.29) is 12.7 Å². The van der Waals surface area contributed by atoms with Gasteiger partial charge < -0.3 is 19.3 Å². The molecule has 0 radical (unpaired) electrons. The number of carbonyl (C=O) groups excluding carboxylic acids is 1. The predicted molar refractivity (Wildman–Crippen MR) is 63.0 cm³/mol. The quantitative estimate of drug-likeness (QED) is 0.809. The van der Waals surface area contributed by atoms with E-state index in [2.05, 4.69) is 0 Å². The molecule has 1 aromatic carbocycles. The van der Waals surface area contributed by atoms with Gasteiger partial charge in [-0.25, -0.2) is 4.79 Å². The van der Waals surface area contributed by atoms with Crippen LogP contribution in [0.25, 0.3) is 0 Å². The molecule has 5 nitrogen and oxygen atoms in total. The molecule has 1 fully saturated rings. The maximum Gasteiger partial charge on any atom is 0.338 e. The fraction of sp³-hybridized carbons (Fsp3) is 0.462. The molecule has 0 amide bonds. The van der Waals surface area contributed by atoms with Crippen molar-refractivity contribution in [1.29, 1.82) is 0 Å². The highest BCUT2D eigenvalue weighted by molar-refractivity contribution is 5.89. The van der Waals surface area contributed by atoms with Crippen molar-refractivity contribution in [2.24, 2.45) is 0 Å². The molecule has 5 heteroatoms. The highest BCUT2D eigenvalue weighted by Gasteiger charge is 2.35. The molecule has 2 rings (SSSR count). The Morgan fingerprint density at radius 3 is 2.83 bits per heavy atom. The Balaban J connectivity index is 1.86. The third-order valence-electron chi connectivity index (χ3n) is 2.87. The van der Waals surface area contributed by atoms with E-state index in [1.807, 2.05) is 6.07 Å². The average Bonchev–Trinajstić information content (AvgIpc) is 2.77. The summed E-state index contributed by atoms with van der Waals surface area (Å²) in [6.45, 7) is 0.0727. The highest BCUT2D eigenvalue weighted by Crippen LogP contribution is 2.21. The molecule has 0 bridgehead atoms. The van der Waals surface area contributed by atoms with Crippen molar-refractivity contribution in [3.05, 3.63) is 35.9 Å². The molecule has 1 aromatic rings. The molecular weight excluding hydrogens is 236 g/mol. The fourth-order valence-corrected chi connectivity index (χ4v) is 1.91. The summed E-state index contributed by atoms with van der Waals surface area (Å²) in [6.07, 6.45) is -1.12. The van der Waals surface area contributed by atoms with Gasteiger partial charge in [0.15, 0.2) is 6.29 Å². The van der Waals surface area contributed by atoms with Crippen LogP contribution in [0.15, 0.2) is 30.3 Å². The number of aliphatic hydroxyl groups is 1. The molecule has 1 unspecified atom stereocenters. The maximum atomic E-state index is 11.7. The van der Waals surface area contributed by atoms with Gasteiger partial charge in [-0.2, -0.15) is 0 Å². The van der Waals surface area contributed by atoms with Gasteiger partial charge in [-0.15, -0.1) is 0 Å². The van der Waals surface area contributed by atoms with E-state index >= 15 is 0 Å². The van der Waals surface area contributed by atoms with Crippen molar-refractivity contribution in [1.82, 2.24) is 0 Å². The smallest absolute Gasteiger partial charge is 0.338 e. The first-order valence-corrected chi connectivity index (χ1v) is 5.79. The number of methoxy groups -OCH3 is 1. The minimum absolute atomic E-state index is 0.0727. The molecule has 1 aliphatic heterocycles. The molecule has 0 aliphatic carbocycles. The Hall–Kier alpha value is -1.43. The van der Waals surface area contributed by atoms with Crippen LogP contribution in [-0.2, 0) is 14.2 Å². The van der Waals surface area contributed by atoms with Gasteiger partial charge in [-0.05, 0) is 12.1 Å². The van der Waals surface area contributed by atoms with Crippen LogP contribution >= 0.6 is 0 Å². The summed E-state index contributed by atoms with van der Waals surface area (Å²) in [5.74, 6) is -0.407.